The first-order chi connectivity index (χ1) is 10.1. The zero-order valence-corrected chi connectivity index (χ0v) is 13.3. The number of aryl methyl sites for hydroxylation is 2. The molecule has 0 aliphatic heterocycles. The van der Waals surface area contributed by atoms with Crippen molar-refractivity contribution in [1.82, 2.24) is 10.3 Å². The zero-order valence-electron chi connectivity index (χ0n) is 13.3. The summed E-state index contributed by atoms with van der Waals surface area (Å²) in [6.45, 7) is 9.24. The standard InChI is InChI=1S/C18H24N2O/c1-5-15-7-6-8-17(10-15)21-18-11-16(9-14(4)20-18)12-19-13(2)3/h6-11,13,19H,5,12H2,1-4H3. The predicted octanol–water partition coefficient (Wildman–Crippen LogP) is 4.24. The minimum absolute atomic E-state index is 0.462. The molecule has 0 aliphatic carbocycles. The van der Waals surface area contributed by atoms with Gasteiger partial charge in [0.15, 0.2) is 0 Å². The third-order valence-electron chi connectivity index (χ3n) is 3.23. The molecule has 0 fully saturated rings. The summed E-state index contributed by atoms with van der Waals surface area (Å²) >= 11 is 0. The first kappa shape index (κ1) is 15.5. The van der Waals surface area contributed by atoms with Crippen molar-refractivity contribution in [3.8, 4) is 11.6 Å². The summed E-state index contributed by atoms with van der Waals surface area (Å²) in [6.07, 6.45) is 1.00. The van der Waals surface area contributed by atoms with Gasteiger partial charge in [-0.05, 0) is 42.7 Å². The van der Waals surface area contributed by atoms with Crippen LogP contribution >= 0.6 is 0 Å². The van der Waals surface area contributed by atoms with Crippen LogP contribution in [0.4, 0.5) is 0 Å². The van der Waals surface area contributed by atoms with Crippen LogP contribution in [0, 0.1) is 6.92 Å². The predicted molar refractivity (Wildman–Crippen MR) is 86.8 cm³/mol. The molecule has 3 heteroatoms. The highest BCUT2D eigenvalue weighted by Gasteiger charge is 2.04. The van der Waals surface area contributed by atoms with E-state index in [0.717, 1.165) is 24.4 Å². The summed E-state index contributed by atoms with van der Waals surface area (Å²) in [5, 5.41) is 3.41. The Balaban J connectivity index is 2.15. The molecule has 0 amide bonds. The minimum Gasteiger partial charge on any atom is -0.439 e. The van der Waals surface area contributed by atoms with Crippen molar-refractivity contribution in [2.24, 2.45) is 0 Å². The monoisotopic (exact) mass is 284 g/mol. The van der Waals surface area contributed by atoms with Crippen molar-refractivity contribution in [2.45, 2.75) is 46.7 Å². The Hall–Kier alpha value is -1.87. The smallest absolute Gasteiger partial charge is 0.219 e. The normalized spacial score (nSPS) is 10.9. The molecule has 0 aliphatic rings. The average Bonchev–Trinajstić information content (AvgIpc) is 2.45. The number of hydrogen-bond acceptors (Lipinski definition) is 3. The second-order valence-corrected chi connectivity index (χ2v) is 5.59. The molecule has 1 N–H and O–H groups in total. The molecule has 0 atom stereocenters. The number of ether oxygens (including phenoxy) is 1. The maximum atomic E-state index is 5.91. The van der Waals surface area contributed by atoms with Gasteiger partial charge in [0.1, 0.15) is 5.75 Å². The van der Waals surface area contributed by atoms with Crippen LogP contribution in [-0.2, 0) is 13.0 Å². The van der Waals surface area contributed by atoms with Crippen molar-refractivity contribution in [2.75, 3.05) is 0 Å². The van der Waals surface area contributed by atoms with Crippen molar-refractivity contribution in [3.63, 3.8) is 0 Å². The lowest BCUT2D eigenvalue weighted by atomic mass is 10.2. The Kier molecular flexibility index (Phi) is 5.34. The van der Waals surface area contributed by atoms with Gasteiger partial charge in [0.05, 0.1) is 0 Å². The molecule has 0 saturated heterocycles. The maximum absolute atomic E-state index is 5.91. The van der Waals surface area contributed by atoms with Crippen LogP contribution in [0.15, 0.2) is 36.4 Å². The molecule has 0 bridgehead atoms. The molecule has 0 unspecified atom stereocenters. The fraction of sp³-hybridized carbons (Fsp3) is 0.389. The lowest BCUT2D eigenvalue weighted by molar-refractivity contribution is 0.459. The van der Waals surface area contributed by atoms with Gasteiger partial charge in [0.25, 0.3) is 0 Å². The summed E-state index contributed by atoms with van der Waals surface area (Å²) < 4.78 is 5.91. The van der Waals surface area contributed by atoms with E-state index in [4.69, 9.17) is 4.74 Å². The van der Waals surface area contributed by atoms with Crippen LogP contribution in [-0.4, -0.2) is 11.0 Å². The average molecular weight is 284 g/mol. The molecule has 0 radical (unpaired) electrons. The molecular formula is C18H24N2O. The maximum Gasteiger partial charge on any atom is 0.219 e. The van der Waals surface area contributed by atoms with E-state index >= 15 is 0 Å². The summed E-state index contributed by atoms with van der Waals surface area (Å²) in [4.78, 5) is 4.46. The SMILES string of the molecule is CCc1cccc(Oc2cc(CNC(C)C)cc(C)n2)c1. The van der Waals surface area contributed by atoms with E-state index in [0.29, 0.717) is 11.9 Å². The third kappa shape index (κ3) is 4.87. The van der Waals surface area contributed by atoms with Crippen LogP contribution in [0.1, 0.15) is 37.6 Å². The highest BCUT2D eigenvalue weighted by molar-refractivity contribution is 5.33. The largest absolute Gasteiger partial charge is 0.439 e. The summed E-state index contributed by atoms with van der Waals surface area (Å²) in [5.74, 6) is 1.50. The van der Waals surface area contributed by atoms with E-state index in [9.17, 15) is 0 Å². The van der Waals surface area contributed by atoms with E-state index in [-0.39, 0.29) is 0 Å². The molecule has 0 spiro atoms. The Morgan fingerprint density at radius 2 is 1.95 bits per heavy atom. The third-order valence-corrected chi connectivity index (χ3v) is 3.23. The number of aromatic nitrogens is 1. The van der Waals surface area contributed by atoms with Crippen LogP contribution in [0.5, 0.6) is 11.6 Å². The number of pyridine rings is 1. The van der Waals surface area contributed by atoms with Gasteiger partial charge in [-0.1, -0.05) is 32.9 Å². The van der Waals surface area contributed by atoms with Gasteiger partial charge in [-0.15, -0.1) is 0 Å². The quantitative estimate of drug-likeness (QED) is 0.861. The summed E-state index contributed by atoms with van der Waals surface area (Å²) in [7, 11) is 0. The van der Waals surface area contributed by atoms with Gasteiger partial charge < -0.3 is 10.1 Å². The Morgan fingerprint density at radius 1 is 1.14 bits per heavy atom. The number of hydrogen-bond donors (Lipinski definition) is 1. The fourth-order valence-corrected chi connectivity index (χ4v) is 2.13. The zero-order chi connectivity index (χ0) is 15.2. The molecule has 2 aromatic rings. The van der Waals surface area contributed by atoms with Crippen LogP contribution < -0.4 is 10.1 Å². The Labute approximate surface area is 127 Å². The second kappa shape index (κ2) is 7.23. The van der Waals surface area contributed by atoms with E-state index in [2.05, 4.69) is 49.3 Å². The molecule has 112 valence electrons. The number of rotatable bonds is 6. The minimum atomic E-state index is 0.462. The van der Waals surface area contributed by atoms with Crippen molar-refractivity contribution < 1.29 is 4.74 Å². The molecule has 1 heterocycles. The van der Waals surface area contributed by atoms with Gasteiger partial charge in [-0.3, -0.25) is 0 Å². The van der Waals surface area contributed by atoms with Crippen LogP contribution in [0.3, 0.4) is 0 Å². The van der Waals surface area contributed by atoms with Crippen LogP contribution in [0.2, 0.25) is 0 Å². The highest BCUT2D eigenvalue weighted by atomic mass is 16.5. The number of nitrogens with zero attached hydrogens (tertiary/aromatic N) is 1. The Bertz CT molecular complexity index is 594. The van der Waals surface area contributed by atoms with E-state index < -0.39 is 0 Å². The number of benzene rings is 1. The molecule has 2 rings (SSSR count). The van der Waals surface area contributed by atoms with Gasteiger partial charge in [-0.25, -0.2) is 4.98 Å². The van der Waals surface area contributed by atoms with Crippen molar-refractivity contribution >= 4 is 0 Å². The first-order valence-electron chi connectivity index (χ1n) is 7.54. The summed E-state index contributed by atoms with van der Waals surface area (Å²) in [5.41, 5.74) is 3.43. The van der Waals surface area contributed by atoms with Crippen LogP contribution in [0.25, 0.3) is 0 Å². The van der Waals surface area contributed by atoms with Crippen molar-refractivity contribution in [1.29, 1.82) is 0 Å². The van der Waals surface area contributed by atoms with Crippen molar-refractivity contribution in [3.05, 3.63) is 53.2 Å². The van der Waals surface area contributed by atoms with Gasteiger partial charge in [-0.2, -0.15) is 0 Å². The lowest BCUT2D eigenvalue weighted by Crippen LogP contribution is -2.21. The lowest BCUT2D eigenvalue weighted by Gasteiger charge is -2.11. The second-order valence-electron chi connectivity index (χ2n) is 5.59. The Morgan fingerprint density at radius 3 is 2.67 bits per heavy atom. The molecular weight excluding hydrogens is 260 g/mol. The topological polar surface area (TPSA) is 34.1 Å². The number of nitrogens with one attached hydrogen (secondary N) is 1. The highest BCUT2D eigenvalue weighted by Crippen LogP contribution is 2.22. The molecule has 1 aromatic carbocycles. The van der Waals surface area contributed by atoms with E-state index in [1.807, 2.05) is 25.1 Å². The molecule has 3 nitrogen and oxygen atoms in total. The summed E-state index contributed by atoms with van der Waals surface area (Å²) in [6, 6.07) is 12.7. The van der Waals surface area contributed by atoms with Gasteiger partial charge >= 0.3 is 0 Å². The van der Waals surface area contributed by atoms with Gasteiger partial charge in [0, 0.05) is 24.3 Å². The fourth-order valence-electron chi connectivity index (χ4n) is 2.13. The molecule has 21 heavy (non-hydrogen) atoms. The first-order valence-corrected chi connectivity index (χ1v) is 7.54. The van der Waals surface area contributed by atoms with E-state index in [1.165, 1.54) is 11.1 Å². The van der Waals surface area contributed by atoms with E-state index in [1.54, 1.807) is 0 Å². The van der Waals surface area contributed by atoms with Gasteiger partial charge in [0.2, 0.25) is 5.88 Å². The molecule has 0 saturated carbocycles. The molecule has 1 aromatic heterocycles.